The zero-order valence-corrected chi connectivity index (χ0v) is 13.7. The van der Waals surface area contributed by atoms with Crippen LogP contribution in [-0.4, -0.2) is 48.9 Å². The first kappa shape index (κ1) is 17.7. The Morgan fingerprint density at radius 1 is 1.19 bits per heavy atom. The third-order valence-corrected chi connectivity index (χ3v) is 5.22. The number of hydrogen-bond acceptors (Lipinski definition) is 3. The molecular formula is C15H22N2O3S. The number of aliphatic hydroxyl groups excluding tert-OH is 1. The van der Waals surface area contributed by atoms with Gasteiger partial charge in [-0.05, 0) is 31.5 Å². The molecule has 0 aliphatic rings. The fourth-order valence-electron chi connectivity index (χ4n) is 1.66. The van der Waals surface area contributed by atoms with E-state index in [1.54, 1.807) is 14.1 Å². The van der Waals surface area contributed by atoms with E-state index in [-0.39, 0.29) is 12.6 Å². The molecule has 1 aromatic carbocycles. The lowest BCUT2D eigenvalue weighted by Crippen LogP contribution is -2.42. The molecule has 0 spiro atoms. The summed E-state index contributed by atoms with van der Waals surface area (Å²) in [6.45, 7) is 3.79. The molecule has 0 aromatic heterocycles. The molecule has 0 saturated heterocycles. The summed E-state index contributed by atoms with van der Waals surface area (Å²) >= 11 is 0. The van der Waals surface area contributed by atoms with Crippen LogP contribution in [0.2, 0.25) is 0 Å². The van der Waals surface area contributed by atoms with Crippen LogP contribution < -0.4 is 0 Å². The van der Waals surface area contributed by atoms with Gasteiger partial charge in [-0.3, -0.25) is 0 Å². The highest BCUT2D eigenvalue weighted by atomic mass is 32.2. The van der Waals surface area contributed by atoms with Crippen molar-refractivity contribution in [3.05, 3.63) is 35.4 Å². The molecule has 0 unspecified atom stereocenters. The second-order valence-electron chi connectivity index (χ2n) is 5.03. The van der Waals surface area contributed by atoms with Crippen molar-refractivity contribution < 1.29 is 13.5 Å². The molecule has 5 nitrogen and oxygen atoms in total. The highest BCUT2D eigenvalue weighted by Gasteiger charge is 2.25. The van der Waals surface area contributed by atoms with Crippen molar-refractivity contribution in [1.82, 2.24) is 8.61 Å². The average Bonchev–Trinajstić information content (AvgIpc) is 2.45. The molecule has 1 N–H and O–H groups in total. The third kappa shape index (κ3) is 4.83. The number of benzene rings is 1. The standard InChI is InChI=1S/C15H22N2O3S/c1-13(2)17(4)21(19,20)16(3)12-15-9-7-14(8-10-15)6-5-11-18/h7-10,13,18H,11-12H2,1-4H3. The summed E-state index contributed by atoms with van der Waals surface area (Å²) in [5.74, 6) is 5.37. The number of rotatable bonds is 5. The summed E-state index contributed by atoms with van der Waals surface area (Å²) in [6.07, 6.45) is 0. The van der Waals surface area contributed by atoms with Crippen molar-refractivity contribution in [2.24, 2.45) is 0 Å². The molecule has 0 aliphatic carbocycles. The lowest BCUT2D eigenvalue weighted by atomic mass is 10.1. The Labute approximate surface area is 127 Å². The monoisotopic (exact) mass is 310 g/mol. The van der Waals surface area contributed by atoms with Gasteiger partial charge in [0.2, 0.25) is 0 Å². The van der Waals surface area contributed by atoms with Crippen LogP contribution in [0.25, 0.3) is 0 Å². The normalized spacial score (nSPS) is 11.8. The Hall–Kier alpha value is -1.39. The summed E-state index contributed by atoms with van der Waals surface area (Å²) < 4.78 is 27.2. The van der Waals surface area contributed by atoms with Crippen LogP contribution in [0.3, 0.4) is 0 Å². The SMILES string of the molecule is CC(C)N(C)S(=O)(=O)N(C)Cc1ccc(C#CCO)cc1. The van der Waals surface area contributed by atoms with Crippen molar-refractivity contribution in [2.75, 3.05) is 20.7 Å². The topological polar surface area (TPSA) is 60.9 Å². The van der Waals surface area contributed by atoms with E-state index in [1.165, 1.54) is 8.61 Å². The van der Waals surface area contributed by atoms with Crippen LogP contribution >= 0.6 is 0 Å². The molecule has 21 heavy (non-hydrogen) atoms. The van der Waals surface area contributed by atoms with Gasteiger partial charge in [-0.1, -0.05) is 24.0 Å². The predicted octanol–water partition coefficient (Wildman–Crippen LogP) is 1.05. The summed E-state index contributed by atoms with van der Waals surface area (Å²) in [7, 11) is -0.318. The lowest BCUT2D eigenvalue weighted by molar-refractivity contribution is 0.350. The molecule has 0 bridgehead atoms. The minimum absolute atomic E-state index is 0.0893. The van der Waals surface area contributed by atoms with Crippen molar-refractivity contribution in [3.63, 3.8) is 0 Å². The van der Waals surface area contributed by atoms with Crippen molar-refractivity contribution >= 4 is 10.2 Å². The van der Waals surface area contributed by atoms with Gasteiger partial charge in [0, 0.05) is 32.2 Å². The number of hydrogen-bond donors (Lipinski definition) is 1. The highest BCUT2D eigenvalue weighted by molar-refractivity contribution is 7.86. The molecule has 0 atom stereocenters. The number of nitrogens with zero attached hydrogens (tertiary/aromatic N) is 2. The van der Waals surface area contributed by atoms with Gasteiger partial charge in [-0.15, -0.1) is 0 Å². The fourth-order valence-corrected chi connectivity index (χ4v) is 2.94. The third-order valence-electron chi connectivity index (χ3n) is 3.16. The lowest BCUT2D eigenvalue weighted by Gasteiger charge is -2.27. The van der Waals surface area contributed by atoms with E-state index in [9.17, 15) is 8.42 Å². The van der Waals surface area contributed by atoms with Gasteiger partial charge in [0.1, 0.15) is 6.61 Å². The first-order valence-corrected chi connectivity index (χ1v) is 8.06. The smallest absolute Gasteiger partial charge is 0.282 e. The molecule has 0 fully saturated rings. The van der Waals surface area contributed by atoms with Crippen molar-refractivity contribution in [2.45, 2.75) is 26.4 Å². The van der Waals surface area contributed by atoms with Gasteiger partial charge in [0.25, 0.3) is 10.2 Å². The van der Waals surface area contributed by atoms with E-state index in [0.29, 0.717) is 6.54 Å². The molecule has 0 radical (unpaired) electrons. The molecule has 6 heteroatoms. The van der Waals surface area contributed by atoms with E-state index in [2.05, 4.69) is 11.8 Å². The van der Waals surface area contributed by atoms with E-state index >= 15 is 0 Å². The Morgan fingerprint density at radius 3 is 2.24 bits per heavy atom. The molecule has 1 aromatic rings. The Kier molecular flexibility index (Phi) is 6.37. The second-order valence-corrected chi connectivity index (χ2v) is 7.13. The Bertz CT molecular complexity index is 613. The quantitative estimate of drug-likeness (QED) is 0.827. The average molecular weight is 310 g/mol. The van der Waals surface area contributed by atoms with Gasteiger partial charge in [-0.2, -0.15) is 17.0 Å². The number of aliphatic hydroxyl groups is 1. The summed E-state index contributed by atoms with van der Waals surface area (Å²) in [5, 5.41) is 8.64. The Morgan fingerprint density at radius 2 is 1.76 bits per heavy atom. The fraction of sp³-hybridized carbons (Fsp3) is 0.467. The van der Waals surface area contributed by atoms with E-state index < -0.39 is 10.2 Å². The summed E-state index contributed by atoms with van der Waals surface area (Å²) in [5.41, 5.74) is 1.67. The largest absolute Gasteiger partial charge is 0.384 e. The maximum Gasteiger partial charge on any atom is 0.282 e. The minimum atomic E-state index is -3.46. The van der Waals surface area contributed by atoms with Gasteiger partial charge >= 0.3 is 0 Å². The molecule has 1 rings (SSSR count). The maximum absolute atomic E-state index is 12.3. The molecule has 0 heterocycles. The van der Waals surface area contributed by atoms with Crippen LogP contribution in [0.15, 0.2) is 24.3 Å². The van der Waals surface area contributed by atoms with Crippen molar-refractivity contribution in [1.29, 1.82) is 0 Å². The van der Waals surface area contributed by atoms with Crippen LogP contribution in [0, 0.1) is 11.8 Å². The predicted molar refractivity (Wildman–Crippen MR) is 83.7 cm³/mol. The van der Waals surface area contributed by atoms with Gasteiger partial charge in [0.05, 0.1) is 0 Å². The molecule has 0 amide bonds. The zero-order chi connectivity index (χ0) is 16.0. The van der Waals surface area contributed by atoms with Crippen molar-refractivity contribution in [3.8, 4) is 11.8 Å². The van der Waals surface area contributed by atoms with E-state index in [0.717, 1.165) is 11.1 Å². The molecule has 116 valence electrons. The molecule has 0 aliphatic heterocycles. The van der Waals surface area contributed by atoms with Gasteiger partial charge in [-0.25, -0.2) is 0 Å². The second kappa shape index (κ2) is 7.57. The molecule has 0 saturated carbocycles. The van der Waals surface area contributed by atoms with Crippen LogP contribution in [-0.2, 0) is 16.8 Å². The van der Waals surface area contributed by atoms with Crippen LogP contribution in [0.5, 0.6) is 0 Å². The van der Waals surface area contributed by atoms with E-state index in [4.69, 9.17) is 5.11 Å². The first-order chi connectivity index (χ1) is 9.78. The summed E-state index contributed by atoms with van der Waals surface area (Å²) in [4.78, 5) is 0. The molecular weight excluding hydrogens is 288 g/mol. The maximum atomic E-state index is 12.3. The minimum Gasteiger partial charge on any atom is -0.384 e. The van der Waals surface area contributed by atoms with Crippen LogP contribution in [0.1, 0.15) is 25.0 Å². The van der Waals surface area contributed by atoms with Crippen LogP contribution in [0.4, 0.5) is 0 Å². The summed E-state index contributed by atoms with van der Waals surface area (Å²) in [6, 6.07) is 7.20. The Balaban J connectivity index is 2.81. The zero-order valence-electron chi connectivity index (χ0n) is 12.9. The van der Waals surface area contributed by atoms with Gasteiger partial charge in [0.15, 0.2) is 0 Å². The van der Waals surface area contributed by atoms with Gasteiger partial charge < -0.3 is 5.11 Å². The first-order valence-electron chi connectivity index (χ1n) is 6.67. The highest BCUT2D eigenvalue weighted by Crippen LogP contribution is 2.13. The van der Waals surface area contributed by atoms with E-state index in [1.807, 2.05) is 38.1 Å².